The topological polar surface area (TPSA) is 85.7 Å². The van der Waals surface area contributed by atoms with Crippen LogP contribution in [0.3, 0.4) is 0 Å². The van der Waals surface area contributed by atoms with E-state index < -0.39 is 0 Å². The van der Waals surface area contributed by atoms with Crippen molar-refractivity contribution in [2.75, 3.05) is 6.61 Å². The van der Waals surface area contributed by atoms with Gasteiger partial charge in [-0.15, -0.1) is 5.10 Å². The summed E-state index contributed by atoms with van der Waals surface area (Å²) in [7, 11) is 0. The van der Waals surface area contributed by atoms with Gasteiger partial charge in [-0.2, -0.15) is 0 Å². The van der Waals surface area contributed by atoms with E-state index in [1.54, 1.807) is 0 Å². The summed E-state index contributed by atoms with van der Waals surface area (Å²) in [5.74, 6) is 1.70. The summed E-state index contributed by atoms with van der Waals surface area (Å²) >= 11 is 0. The Kier molecular flexibility index (Phi) is 4.95. The number of rotatable bonds is 6. The van der Waals surface area contributed by atoms with Gasteiger partial charge in [-0.05, 0) is 53.3 Å². The average molecular weight is 353 g/mol. The number of hydrogen-bond donors (Lipinski definition) is 1. The number of aryl methyl sites for hydroxylation is 1. The molecular formula is C19H23N5O2. The Hall–Kier alpha value is -2.70. The van der Waals surface area contributed by atoms with Gasteiger partial charge in [0.1, 0.15) is 5.75 Å². The number of nitrogens with one attached hydrogen (secondary N) is 1. The van der Waals surface area contributed by atoms with Gasteiger partial charge in [0.2, 0.25) is 5.56 Å². The highest BCUT2D eigenvalue weighted by Gasteiger charge is 2.19. The summed E-state index contributed by atoms with van der Waals surface area (Å²) < 4.78 is 7.85. The Morgan fingerprint density at radius 1 is 1.15 bits per heavy atom. The lowest BCUT2D eigenvalue weighted by molar-refractivity contribution is 0.298. The van der Waals surface area contributed by atoms with E-state index in [2.05, 4.69) is 20.5 Å². The third kappa shape index (κ3) is 3.76. The molecule has 7 heteroatoms. The molecule has 0 atom stereocenters. The van der Waals surface area contributed by atoms with Crippen molar-refractivity contribution in [1.29, 1.82) is 0 Å². The monoisotopic (exact) mass is 353 g/mol. The fraction of sp³-hybridized carbons (Fsp3) is 0.474. The van der Waals surface area contributed by atoms with Crippen molar-refractivity contribution in [3.05, 3.63) is 46.5 Å². The number of benzene rings is 1. The molecule has 0 unspecified atom stereocenters. The van der Waals surface area contributed by atoms with Gasteiger partial charge >= 0.3 is 0 Å². The highest BCUT2D eigenvalue weighted by atomic mass is 16.5. The molecule has 1 aliphatic carbocycles. The number of ether oxygens (including phenoxy) is 1. The molecule has 4 rings (SSSR count). The highest BCUT2D eigenvalue weighted by Crippen LogP contribution is 2.28. The molecule has 1 aliphatic rings. The molecule has 0 spiro atoms. The van der Waals surface area contributed by atoms with Crippen LogP contribution in [0.2, 0.25) is 0 Å². The van der Waals surface area contributed by atoms with Crippen molar-refractivity contribution in [1.82, 2.24) is 25.2 Å². The van der Waals surface area contributed by atoms with Crippen molar-refractivity contribution in [2.24, 2.45) is 0 Å². The SMILES string of the molecule is O=c1ccc2ccc(OCCCc3nnnn3C3CCCCC3)cc2[nH]1. The van der Waals surface area contributed by atoms with Crippen LogP contribution in [0.15, 0.2) is 35.1 Å². The molecule has 0 saturated heterocycles. The zero-order valence-corrected chi connectivity index (χ0v) is 14.7. The molecule has 0 amide bonds. The van der Waals surface area contributed by atoms with Crippen LogP contribution in [-0.2, 0) is 6.42 Å². The van der Waals surface area contributed by atoms with Crippen LogP contribution in [0.5, 0.6) is 5.75 Å². The van der Waals surface area contributed by atoms with E-state index in [1.165, 1.54) is 38.2 Å². The van der Waals surface area contributed by atoms with Gasteiger partial charge in [0, 0.05) is 18.6 Å². The molecular weight excluding hydrogens is 330 g/mol. The Morgan fingerprint density at radius 3 is 2.88 bits per heavy atom. The maximum Gasteiger partial charge on any atom is 0.248 e. The first-order valence-corrected chi connectivity index (χ1v) is 9.32. The minimum absolute atomic E-state index is 0.107. The number of fused-ring (bicyclic) bond motifs is 1. The molecule has 2 aromatic heterocycles. The van der Waals surface area contributed by atoms with Crippen LogP contribution in [0.1, 0.15) is 50.4 Å². The summed E-state index contributed by atoms with van der Waals surface area (Å²) in [4.78, 5) is 14.3. The van der Waals surface area contributed by atoms with Crippen LogP contribution < -0.4 is 10.3 Å². The summed E-state index contributed by atoms with van der Waals surface area (Å²) in [6.07, 6.45) is 7.82. The molecule has 2 heterocycles. The van der Waals surface area contributed by atoms with Crippen LogP contribution >= 0.6 is 0 Å². The van der Waals surface area contributed by atoms with E-state index in [9.17, 15) is 4.79 Å². The third-order valence-corrected chi connectivity index (χ3v) is 4.99. The third-order valence-electron chi connectivity index (χ3n) is 4.99. The fourth-order valence-electron chi connectivity index (χ4n) is 3.63. The molecule has 7 nitrogen and oxygen atoms in total. The number of H-pyrrole nitrogens is 1. The highest BCUT2D eigenvalue weighted by molar-refractivity contribution is 5.79. The number of hydrogen-bond acceptors (Lipinski definition) is 5. The first kappa shape index (κ1) is 16.8. The molecule has 1 N–H and O–H groups in total. The molecule has 0 radical (unpaired) electrons. The largest absolute Gasteiger partial charge is 0.494 e. The smallest absolute Gasteiger partial charge is 0.248 e. The molecule has 1 aromatic carbocycles. The maximum atomic E-state index is 11.4. The van der Waals surface area contributed by atoms with E-state index in [0.717, 1.165) is 35.3 Å². The molecule has 3 aromatic rings. The second kappa shape index (κ2) is 7.68. The van der Waals surface area contributed by atoms with Crippen LogP contribution in [0.4, 0.5) is 0 Å². The van der Waals surface area contributed by atoms with Crippen molar-refractivity contribution >= 4 is 10.9 Å². The van der Waals surface area contributed by atoms with Crippen LogP contribution in [0, 0.1) is 0 Å². The fourth-order valence-corrected chi connectivity index (χ4v) is 3.63. The minimum Gasteiger partial charge on any atom is -0.494 e. The Labute approximate surface area is 151 Å². The number of tetrazole rings is 1. The second-order valence-corrected chi connectivity index (χ2v) is 6.86. The van der Waals surface area contributed by atoms with Gasteiger partial charge in [0.15, 0.2) is 5.82 Å². The maximum absolute atomic E-state index is 11.4. The summed E-state index contributed by atoms with van der Waals surface area (Å²) in [5.41, 5.74) is 0.681. The first-order chi connectivity index (χ1) is 12.8. The lowest BCUT2D eigenvalue weighted by Gasteiger charge is -2.22. The predicted octanol–water partition coefficient (Wildman–Crippen LogP) is 3.03. The number of nitrogens with zero attached hydrogens (tertiary/aromatic N) is 4. The van der Waals surface area contributed by atoms with E-state index in [0.29, 0.717) is 12.6 Å². The van der Waals surface area contributed by atoms with Gasteiger partial charge in [0.25, 0.3) is 0 Å². The van der Waals surface area contributed by atoms with E-state index in [1.807, 2.05) is 28.9 Å². The molecule has 136 valence electrons. The van der Waals surface area contributed by atoms with Gasteiger partial charge in [-0.25, -0.2) is 4.68 Å². The van der Waals surface area contributed by atoms with Crippen molar-refractivity contribution in [3.63, 3.8) is 0 Å². The van der Waals surface area contributed by atoms with Gasteiger partial charge in [-0.1, -0.05) is 19.3 Å². The molecule has 26 heavy (non-hydrogen) atoms. The lowest BCUT2D eigenvalue weighted by atomic mass is 9.95. The lowest BCUT2D eigenvalue weighted by Crippen LogP contribution is -2.17. The standard InChI is InChI=1S/C19H23N5O2/c25-19-11-9-14-8-10-16(13-17(14)20-19)26-12-4-7-18-21-22-23-24(18)15-5-2-1-3-6-15/h8-11,13,15H,1-7,12H2,(H,20,25). The molecule has 0 bridgehead atoms. The zero-order chi connectivity index (χ0) is 17.8. The van der Waals surface area contributed by atoms with Gasteiger partial charge in [0.05, 0.1) is 18.2 Å². The molecule has 1 saturated carbocycles. The Bertz CT molecular complexity index is 927. The normalized spacial score (nSPS) is 15.4. The van der Waals surface area contributed by atoms with E-state index in [-0.39, 0.29) is 5.56 Å². The van der Waals surface area contributed by atoms with Crippen LogP contribution in [0.25, 0.3) is 10.9 Å². The Balaban J connectivity index is 1.33. The predicted molar refractivity (Wildman–Crippen MR) is 98.3 cm³/mol. The Morgan fingerprint density at radius 2 is 2.00 bits per heavy atom. The average Bonchev–Trinajstić information content (AvgIpc) is 3.14. The number of pyridine rings is 1. The summed E-state index contributed by atoms with van der Waals surface area (Å²) in [6.45, 7) is 0.583. The van der Waals surface area contributed by atoms with Crippen LogP contribution in [-0.4, -0.2) is 31.8 Å². The van der Waals surface area contributed by atoms with Gasteiger partial charge < -0.3 is 9.72 Å². The first-order valence-electron chi connectivity index (χ1n) is 9.32. The van der Waals surface area contributed by atoms with E-state index >= 15 is 0 Å². The summed E-state index contributed by atoms with van der Waals surface area (Å²) in [6, 6.07) is 9.52. The quantitative estimate of drug-likeness (QED) is 0.689. The minimum atomic E-state index is -0.107. The number of aromatic amines is 1. The summed E-state index contributed by atoms with van der Waals surface area (Å²) in [5, 5.41) is 13.2. The zero-order valence-electron chi connectivity index (χ0n) is 14.7. The van der Waals surface area contributed by atoms with E-state index in [4.69, 9.17) is 4.74 Å². The second-order valence-electron chi connectivity index (χ2n) is 6.86. The van der Waals surface area contributed by atoms with Crippen molar-refractivity contribution in [2.45, 2.75) is 51.0 Å². The number of aromatic nitrogens is 5. The van der Waals surface area contributed by atoms with Crippen molar-refractivity contribution in [3.8, 4) is 5.75 Å². The van der Waals surface area contributed by atoms with Gasteiger partial charge in [-0.3, -0.25) is 4.79 Å². The van der Waals surface area contributed by atoms with Crippen molar-refractivity contribution < 1.29 is 4.74 Å². The molecule has 1 fully saturated rings. The molecule has 0 aliphatic heterocycles.